The Bertz CT molecular complexity index is 603. The number of hydrogen-bond acceptors (Lipinski definition) is 6. The van der Waals surface area contributed by atoms with Gasteiger partial charge < -0.3 is 20.1 Å². The molecule has 0 fully saturated rings. The molecule has 0 aliphatic rings. The van der Waals surface area contributed by atoms with Gasteiger partial charge in [0.1, 0.15) is 12.1 Å². The van der Waals surface area contributed by atoms with Crippen molar-refractivity contribution in [3.05, 3.63) is 18.5 Å². The zero-order valence-electron chi connectivity index (χ0n) is 12.8. The number of methoxy groups -OCH3 is 1. The maximum absolute atomic E-state index is 5.85. The van der Waals surface area contributed by atoms with Crippen LogP contribution in [-0.2, 0) is 0 Å². The van der Waals surface area contributed by atoms with E-state index in [1.807, 2.05) is 12.1 Å². The van der Waals surface area contributed by atoms with Crippen molar-refractivity contribution in [1.29, 1.82) is 0 Å². The second-order valence-corrected chi connectivity index (χ2v) is 4.88. The molecule has 0 bridgehead atoms. The van der Waals surface area contributed by atoms with Crippen LogP contribution in [0.3, 0.4) is 0 Å². The smallest absolute Gasteiger partial charge is 0.163 e. The second kappa shape index (κ2) is 7.08. The van der Waals surface area contributed by atoms with E-state index in [1.165, 1.54) is 6.33 Å². The molecule has 2 N–H and O–H groups in total. The Labute approximate surface area is 124 Å². The summed E-state index contributed by atoms with van der Waals surface area (Å²) in [5.41, 5.74) is 6.60. The van der Waals surface area contributed by atoms with Crippen molar-refractivity contribution in [2.75, 3.05) is 39.6 Å². The van der Waals surface area contributed by atoms with Crippen molar-refractivity contribution in [3.8, 4) is 11.5 Å². The average molecular weight is 290 g/mol. The van der Waals surface area contributed by atoms with Crippen molar-refractivity contribution < 1.29 is 9.47 Å². The summed E-state index contributed by atoms with van der Waals surface area (Å²) in [6.45, 7) is 4.81. The summed E-state index contributed by atoms with van der Waals surface area (Å²) in [4.78, 5) is 10.4. The summed E-state index contributed by atoms with van der Waals surface area (Å²) < 4.78 is 11.2. The topological polar surface area (TPSA) is 73.5 Å². The third-order valence-corrected chi connectivity index (χ3v) is 3.43. The number of aromatic nitrogens is 2. The maximum Gasteiger partial charge on any atom is 0.163 e. The standard InChI is InChI=1S/C15H22N4O2/c1-4-19(2)6-5-7-21-14-9-12-11(8-13(14)20-3)15(16)18-10-17-12/h8-10H,4-7H2,1-3H3,(H2,16,17,18). The molecule has 0 aliphatic heterocycles. The summed E-state index contributed by atoms with van der Waals surface area (Å²) in [5, 5.41) is 0.771. The molecule has 0 amide bonds. The Morgan fingerprint density at radius 3 is 2.76 bits per heavy atom. The Morgan fingerprint density at radius 1 is 1.24 bits per heavy atom. The summed E-state index contributed by atoms with van der Waals surface area (Å²) in [5.74, 6) is 1.77. The molecule has 0 saturated heterocycles. The van der Waals surface area contributed by atoms with Crippen LogP contribution >= 0.6 is 0 Å². The lowest BCUT2D eigenvalue weighted by atomic mass is 10.2. The SMILES string of the molecule is CCN(C)CCCOc1cc2ncnc(N)c2cc1OC. The van der Waals surface area contributed by atoms with E-state index in [0.29, 0.717) is 23.9 Å². The van der Waals surface area contributed by atoms with Crippen LogP contribution in [0.15, 0.2) is 18.5 Å². The van der Waals surface area contributed by atoms with Gasteiger partial charge in [-0.05, 0) is 26.1 Å². The average Bonchev–Trinajstić information content (AvgIpc) is 2.51. The van der Waals surface area contributed by atoms with Crippen LogP contribution in [0.4, 0.5) is 5.82 Å². The molecule has 6 nitrogen and oxygen atoms in total. The molecule has 1 heterocycles. The lowest BCUT2D eigenvalue weighted by Gasteiger charge is -2.15. The monoisotopic (exact) mass is 290 g/mol. The second-order valence-electron chi connectivity index (χ2n) is 4.88. The van der Waals surface area contributed by atoms with Crippen molar-refractivity contribution in [1.82, 2.24) is 14.9 Å². The zero-order valence-corrected chi connectivity index (χ0v) is 12.8. The largest absolute Gasteiger partial charge is 0.493 e. The van der Waals surface area contributed by atoms with Gasteiger partial charge in [0.25, 0.3) is 0 Å². The minimum absolute atomic E-state index is 0.439. The molecule has 2 aromatic rings. The number of nitrogen functional groups attached to an aromatic ring is 1. The Morgan fingerprint density at radius 2 is 2.05 bits per heavy atom. The first-order chi connectivity index (χ1) is 10.2. The molecule has 0 unspecified atom stereocenters. The molecule has 0 atom stereocenters. The quantitative estimate of drug-likeness (QED) is 0.786. The molecule has 2 rings (SSSR count). The van der Waals surface area contributed by atoms with Crippen LogP contribution in [-0.4, -0.2) is 48.7 Å². The molecule has 6 heteroatoms. The summed E-state index contributed by atoms with van der Waals surface area (Å²) >= 11 is 0. The van der Waals surface area contributed by atoms with E-state index in [9.17, 15) is 0 Å². The fraction of sp³-hybridized carbons (Fsp3) is 0.467. The molecule has 21 heavy (non-hydrogen) atoms. The van der Waals surface area contributed by atoms with Crippen LogP contribution in [0, 0.1) is 0 Å². The molecule has 1 aromatic heterocycles. The lowest BCUT2D eigenvalue weighted by molar-refractivity contribution is 0.258. The van der Waals surface area contributed by atoms with E-state index in [0.717, 1.165) is 30.4 Å². The van der Waals surface area contributed by atoms with E-state index in [2.05, 4.69) is 28.8 Å². The summed E-state index contributed by atoms with van der Waals surface area (Å²) in [6, 6.07) is 3.66. The van der Waals surface area contributed by atoms with Gasteiger partial charge in [-0.2, -0.15) is 0 Å². The number of nitrogens with zero attached hydrogens (tertiary/aromatic N) is 3. The van der Waals surface area contributed by atoms with Gasteiger partial charge in [-0.15, -0.1) is 0 Å². The Hall–Kier alpha value is -2.08. The first-order valence-corrected chi connectivity index (χ1v) is 7.05. The van der Waals surface area contributed by atoms with E-state index >= 15 is 0 Å². The fourth-order valence-electron chi connectivity index (χ4n) is 2.03. The van der Waals surface area contributed by atoms with E-state index in [1.54, 1.807) is 7.11 Å². The first kappa shape index (κ1) is 15.3. The van der Waals surface area contributed by atoms with Gasteiger partial charge in [0, 0.05) is 18.0 Å². The lowest BCUT2D eigenvalue weighted by Crippen LogP contribution is -2.20. The highest BCUT2D eigenvalue weighted by Gasteiger charge is 2.10. The molecule has 0 spiro atoms. The number of nitrogens with two attached hydrogens (primary N) is 1. The number of anilines is 1. The van der Waals surface area contributed by atoms with Gasteiger partial charge in [0.2, 0.25) is 0 Å². The van der Waals surface area contributed by atoms with E-state index < -0.39 is 0 Å². The number of hydrogen-bond donors (Lipinski definition) is 1. The van der Waals surface area contributed by atoms with Crippen molar-refractivity contribution in [2.24, 2.45) is 0 Å². The molecule has 0 saturated carbocycles. The van der Waals surface area contributed by atoms with Crippen molar-refractivity contribution in [3.63, 3.8) is 0 Å². The van der Waals surface area contributed by atoms with Gasteiger partial charge in [-0.3, -0.25) is 0 Å². The molecule has 114 valence electrons. The van der Waals surface area contributed by atoms with Gasteiger partial charge in [-0.1, -0.05) is 6.92 Å². The summed E-state index contributed by atoms with van der Waals surface area (Å²) in [6.07, 6.45) is 2.40. The molecular formula is C15H22N4O2. The minimum atomic E-state index is 0.439. The zero-order chi connectivity index (χ0) is 15.2. The maximum atomic E-state index is 5.85. The minimum Gasteiger partial charge on any atom is -0.493 e. The third-order valence-electron chi connectivity index (χ3n) is 3.43. The van der Waals surface area contributed by atoms with Crippen molar-refractivity contribution >= 4 is 16.7 Å². The number of rotatable bonds is 7. The van der Waals surface area contributed by atoms with Crippen LogP contribution in [0.1, 0.15) is 13.3 Å². The van der Waals surface area contributed by atoms with Crippen LogP contribution < -0.4 is 15.2 Å². The fourth-order valence-corrected chi connectivity index (χ4v) is 2.03. The van der Waals surface area contributed by atoms with Crippen molar-refractivity contribution in [2.45, 2.75) is 13.3 Å². The van der Waals surface area contributed by atoms with Gasteiger partial charge in [0.05, 0.1) is 19.2 Å². The van der Waals surface area contributed by atoms with Crippen LogP contribution in [0.5, 0.6) is 11.5 Å². The number of benzene rings is 1. The third kappa shape index (κ3) is 3.72. The van der Waals surface area contributed by atoms with Gasteiger partial charge in [0.15, 0.2) is 11.5 Å². The highest BCUT2D eigenvalue weighted by Crippen LogP contribution is 2.33. The normalized spacial score (nSPS) is 11.0. The highest BCUT2D eigenvalue weighted by atomic mass is 16.5. The highest BCUT2D eigenvalue weighted by molar-refractivity contribution is 5.90. The van der Waals surface area contributed by atoms with Gasteiger partial charge in [-0.25, -0.2) is 9.97 Å². The predicted molar refractivity (Wildman–Crippen MR) is 83.8 cm³/mol. The summed E-state index contributed by atoms with van der Waals surface area (Å²) in [7, 11) is 3.70. The first-order valence-electron chi connectivity index (χ1n) is 7.05. The Balaban J connectivity index is 2.11. The predicted octanol–water partition coefficient (Wildman–Crippen LogP) is 1.94. The number of fused-ring (bicyclic) bond motifs is 1. The van der Waals surface area contributed by atoms with Gasteiger partial charge >= 0.3 is 0 Å². The number of ether oxygens (including phenoxy) is 2. The molecule has 0 radical (unpaired) electrons. The van der Waals surface area contributed by atoms with E-state index in [-0.39, 0.29) is 0 Å². The van der Waals surface area contributed by atoms with Crippen LogP contribution in [0.25, 0.3) is 10.9 Å². The molecule has 0 aliphatic carbocycles. The van der Waals surface area contributed by atoms with Crippen LogP contribution in [0.2, 0.25) is 0 Å². The Kier molecular flexibility index (Phi) is 5.16. The molecule has 1 aromatic carbocycles. The molecular weight excluding hydrogens is 268 g/mol. The van der Waals surface area contributed by atoms with E-state index in [4.69, 9.17) is 15.2 Å².